The van der Waals surface area contributed by atoms with Crippen molar-refractivity contribution in [2.45, 2.75) is 38.0 Å². The van der Waals surface area contributed by atoms with Crippen LogP contribution in [-0.4, -0.2) is 63.4 Å². The van der Waals surface area contributed by atoms with E-state index in [9.17, 15) is 19.8 Å². The lowest BCUT2D eigenvalue weighted by Gasteiger charge is -2.38. The molecule has 0 spiro atoms. The largest absolute Gasteiger partial charge is 0.394 e. The van der Waals surface area contributed by atoms with Crippen molar-refractivity contribution in [1.29, 1.82) is 0 Å². The molecule has 2 saturated heterocycles. The van der Waals surface area contributed by atoms with Crippen molar-refractivity contribution in [2.75, 3.05) is 6.61 Å². The molecule has 2 heterocycles. The van der Waals surface area contributed by atoms with Crippen LogP contribution in [0.2, 0.25) is 0 Å². The van der Waals surface area contributed by atoms with Gasteiger partial charge in [-0.2, -0.15) is 0 Å². The molecule has 4 N–H and O–H groups in total. The number of carbonyl (C=O) groups excluding carboxylic acids is 2. The predicted octanol–water partition coefficient (Wildman–Crippen LogP) is -2.04. The Bertz CT molecular complexity index is 362. The fourth-order valence-corrected chi connectivity index (χ4v) is 2.13. The summed E-state index contributed by atoms with van der Waals surface area (Å²) in [5.41, 5.74) is 0. The Labute approximate surface area is 103 Å². The van der Waals surface area contributed by atoms with Gasteiger partial charge in [0.1, 0.15) is 18.6 Å². The molecule has 0 aromatic heterocycles. The van der Waals surface area contributed by atoms with Gasteiger partial charge in [-0.25, -0.2) is 4.79 Å². The third-order valence-corrected chi connectivity index (χ3v) is 3.30. The molecule has 8 heteroatoms. The Morgan fingerprint density at radius 2 is 2.11 bits per heavy atom. The molecule has 0 aromatic carbocycles. The maximum Gasteiger partial charge on any atom is 0.328 e. The minimum atomic E-state index is -1.30. The number of aliphatic hydroxyl groups is 3. The number of carbonyl (C=O) groups is 2. The molecule has 0 saturated carbocycles. The summed E-state index contributed by atoms with van der Waals surface area (Å²) in [7, 11) is 0. The van der Waals surface area contributed by atoms with Crippen LogP contribution < -0.4 is 5.32 Å². The van der Waals surface area contributed by atoms with Gasteiger partial charge in [-0.1, -0.05) is 0 Å². The summed E-state index contributed by atoms with van der Waals surface area (Å²) in [4.78, 5) is 23.9. The van der Waals surface area contributed by atoms with E-state index in [2.05, 4.69) is 5.32 Å². The number of ether oxygens (including phenoxy) is 1. The Balaban J connectivity index is 2.13. The maximum absolute atomic E-state index is 11.7. The summed E-state index contributed by atoms with van der Waals surface area (Å²) in [6, 6.07) is -0.763. The highest BCUT2D eigenvalue weighted by Crippen LogP contribution is 2.27. The van der Waals surface area contributed by atoms with E-state index in [1.54, 1.807) is 0 Å². The van der Waals surface area contributed by atoms with E-state index in [-0.39, 0.29) is 13.0 Å². The highest BCUT2D eigenvalue weighted by atomic mass is 16.5. The standard InChI is InChI=1S/C10H16N2O6/c1-4-8(15)11-10(17)12(9(4)16)7-2-5(14)6(3-13)18-7/h4-7,9,13-14,16H,2-3H2,1H3,(H,11,15,17)/t4-,5-,6+,7+,9+/m0/s1. The molecule has 0 aliphatic carbocycles. The number of hydrogen-bond acceptors (Lipinski definition) is 6. The number of hydrogen-bond donors (Lipinski definition) is 4. The first kappa shape index (κ1) is 13.2. The molecule has 3 amide bonds. The molecule has 0 unspecified atom stereocenters. The van der Waals surface area contributed by atoms with E-state index >= 15 is 0 Å². The van der Waals surface area contributed by atoms with Crippen molar-refractivity contribution in [3.63, 3.8) is 0 Å². The SMILES string of the molecule is C[C@H]1C(=O)NC(=O)N([C@H]2C[C@H](O)[C@@H](CO)O2)[C@@H]1O. The van der Waals surface area contributed by atoms with Crippen LogP contribution in [0.15, 0.2) is 0 Å². The van der Waals surface area contributed by atoms with Gasteiger partial charge in [-0.3, -0.25) is 15.0 Å². The van der Waals surface area contributed by atoms with Gasteiger partial charge in [0.2, 0.25) is 5.91 Å². The second kappa shape index (κ2) is 4.81. The molecule has 2 rings (SSSR count). The second-order valence-corrected chi connectivity index (χ2v) is 4.52. The van der Waals surface area contributed by atoms with Gasteiger partial charge in [0.05, 0.1) is 18.6 Å². The van der Waals surface area contributed by atoms with Gasteiger partial charge in [-0.15, -0.1) is 0 Å². The summed E-state index contributed by atoms with van der Waals surface area (Å²) >= 11 is 0. The minimum Gasteiger partial charge on any atom is -0.394 e. The van der Waals surface area contributed by atoms with Crippen LogP contribution >= 0.6 is 0 Å². The Hall–Kier alpha value is -1.22. The highest BCUT2D eigenvalue weighted by molar-refractivity contribution is 5.98. The summed E-state index contributed by atoms with van der Waals surface area (Å²) in [5, 5.41) is 30.5. The van der Waals surface area contributed by atoms with Crippen LogP contribution in [0.3, 0.4) is 0 Å². The Morgan fingerprint density at radius 3 is 2.67 bits per heavy atom. The Kier molecular flexibility index (Phi) is 3.53. The zero-order valence-electron chi connectivity index (χ0n) is 9.81. The van der Waals surface area contributed by atoms with Crippen LogP contribution in [0.1, 0.15) is 13.3 Å². The van der Waals surface area contributed by atoms with Gasteiger partial charge >= 0.3 is 6.03 Å². The molecular formula is C10H16N2O6. The topological polar surface area (TPSA) is 119 Å². The number of amides is 3. The third kappa shape index (κ3) is 2.07. The molecule has 0 radical (unpaired) electrons. The number of rotatable bonds is 2. The van der Waals surface area contributed by atoms with Crippen molar-refractivity contribution >= 4 is 11.9 Å². The molecular weight excluding hydrogens is 244 g/mol. The maximum atomic E-state index is 11.7. The molecule has 2 aliphatic heterocycles. The van der Waals surface area contributed by atoms with Gasteiger partial charge in [0.25, 0.3) is 0 Å². The fourth-order valence-electron chi connectivity index (χ4n) is 2.13. The van der Waals surface area contributed by atoms with E-state index in [4.69, 9.17) is 9.84 Å². The molecule has 0 bridgehead atoms. The zero-order chi connectivity index (χ0) is 13.4. The van der Waals surface area contributed by atoms with Crippen molar-refractivity contribution in [3.05, 3.63) is 0 Å². The zero-order valence-corrected chi connectivity index (χ0v) is 9.81. The number of imide groups is 1. The molecule has 18 heavy (non-hydrogen) atoms. The summed E-state index contributed by atoms with van der Waals surface area (Å²) < 4.78 is 5.28. The quantitative estimate of drug-likeness (QED) is 0.454. The van der Waals surface area contributed by atoms with E-state index in [0.29, 0.717) is 0 Å². The number of urea groups is 1. The van der Waals surface area contributed by atoms with Gasteiger partial charge in [-0.05, 0) is 6.92 Å². The number of aliphatic hydroxyl groups excluding tert-OH is 3. The first-order chi connectivity index (χ1) is 8.45. The van der Waals surface area contributed by atoms with E-state index in [1.165, 1.54) is 6.92 Å². The van der Waals surface area contributed by atoms with Crippen molar-refractivity contribution < 1.29 is 29.6 Å². The first-order valence-corrected chi connectivity index (χ1v) is 5.71. The summed E-state index contributed by atoms with van der Waals surface area (Å²) in [5.74, 6) is -1.34. The predicted molar refractivity (Wildman–Crippen MR) is 56.9 cm³/mol. The highest BCUT2D eigenvalue weighted by Gasteiger charge is 2.46. The smallest absolute Gasteiger partial charge is 0.328 e. The third-order valence-electron chi connectivity index (χ3n) is 3.30. The molecule has 102 valence electrons. The first-order valence-electron chi connectivity index (χ1n) is 5.71. The summed E-state index contributed by atoms with van der Waals surface area (Å²) in [6.07, 6.45) is -3.78. The van der Waals surface area contributed by atoms with Gasteiger partial charge < -0.3 is 20.1 Å². The van der Waals surface area contributed by atoms with Crippen LogP contribution in [0, 0.1) is 5.92 Å². The average Bonchev–Trinajstić information content (AvgIpc) is 2.67. The minimum absolute atomic E-state index is 0.0800. The molecule has 5 atom stereocenters. The van der Waals surface area contributed by atoms with E-state index in [0.717, 1.165) is 4.90 Å². The molecule has 8 nitrogen and oxygen atoms in total. The lowest BCUT2D eigenvalue weighted by atomic mass is 10.1. The summed E-state index contributed by atoms with van der Waals surface area (Å²) in [6.45, 7) is 1.10. The average molecular weight is 260 g/mol. The normalized spacial score (nSPS) is 41.1. The van der Waals surface area contributed by atoms with Crippen LogP contribution in [-0.2, 0) is 9.53 Å². The molecule has 2 aliphatic rings. The second-order valence-electron chi connectivity index (χ2n) is 4.52. The lowest BCUT2D eigenvalue weighted by molar-refractivity contribution is -0.153. The van der Waals surface area contributed by atoms with Crippen molar-refractivity contribution in [3.8, 4) is 0 Å². The molecule has 2 fully saturated rings. The lowest BCUT2D eigenvalue weighted by Crippen LogP contribution is -2.62. The monoisotopic (exact) mass is 260 g/mol. The van der Waals surface area contributed by atoms with Crippen LogP contribution in [0.4, 0.5) is 4.79 Å². The fraction of sp³-hybridized carbons (Fsp3) is 0.800. The van der Waals surface area contributed by atoms with Crippen LogP contribution in [0.5, 0.6) is 0 Å². The van der Waals surface area contributed by atoms with Crippen molar-refractivity contribution in [1.82, 2.24) is 10.2 Å². The van der Waals surface area contributed by atoms with E-state index < -0.39 is 42.5 Å². The molecule has 0 aromatic rings. The van der Waals surface area contributed by atoms with Gasteiger partial charge in [0, 0.05) is 6.42 Å². The van der Waals surface area contributed by atoms with Crippen LogP contribution in [0.25, 0.3) is 0 Å². The Morgan fingerprint density at radius 1 is 1.44 bits per heavy atom. The van der Waals surface area contributed by atoms with Crippen molar-refractivity contribution in [2.24, 2.45) is 5.92 Å². The van der Waals surface area contributed by atoms with E-state index in [1.807, 2.05) is 0 Å². The number of nitrogens with zero attached hydrogens (tertiary/aromatic N) is 1. The van der Waals surface area contributed by atoms with Gasteiger partial charge in [0.15, 0.2) is 0 Å². The number of nitrogens with one attached hydrogen (secondary N) is 1.